The second kappa shape index (κ2) is 5.99. The summed E-state index contributed by atoms with van der Waals surface area (Å²) < 4.78 is 0. The molecule has 4 nitrogen and oxygen atoms in total. The lowest BCUT2D eigenvalue weighted by atomic mass is 10.0. The number of hydrogen-bond acceptors (Lipinski definition) is 2. The van der Waals surface area contributed by atoms with Crippen LogP contribution >= 0.6 is 15.9 Å². The van der Waals surface area contributed by atoms with E-state index in [0.29, 0.717) is 18.2 Å². The average Bonchev–Trinajstić information content (AvgIpc) is 1.96. The van der Waals surface area contributed by atoms with Gasteiger partial charge in [0.15, 0.2) is 0 Å². The molecule has 0 aromatic rings. The van der Waals surface area contributed by atoms with Crippen molar-refractivity contribution in [1.29, 1.82) is 0 Å². The van der Waals surface area contributed by atoms with Gasteiger partial charge in [0.1, 0.15) is 0 Å². The molecule has 0 fully saturated rings. The molecule has 0 aliphatic heterocycles. The van der Waals surface area contributed by atoms with E-state index in [1.807, 2.05) is 0 Å². The van der Waals surface area contributed by atoms with Gasteiger partial charge in [0.2, 0.25) is 0 Å². The predicted molar refractivity (Wildman–Crippen MR) is 46.4 cm³/mol. The van der Waals surface area contributed by atoms with Crippen LogP contribution in [0.25, 0.3) is 0 Å². The Balaban J connectivity index is 3.59. The molecule has 0 saturated carbocycles. The van der Waals surface area contributed by atoms with Crippen LogP contribution in [0.5, 0.6) is 0 Å². The normalized spacial score (nSPS) is 12.4. The van der Waals surface area contributed by atoms with Gasteiger partial charge in [0.05, 0.1) is 5.92 Å². The summed E-state index contributed by atoms with van der Waals surface area (Å²) in [6.07, 6.45) is 0.863. The first-order valence-electron chi connectivity index (χ1n) is 3.58. The van der Waals surface area contributed by atoms with Crippen molar-refractivity contribution in [1.82, 2.24) is 0 Å². The fourth-order valence-corrected chi connectivity index (χ4v) is 1.37. The summed E-state index contributed by atoms with van der Waals surface area (Å²) in [6.45, 7) is 0. The molecule has 0 heterocycles. The number of carboxylic acid groups (broad SMARTS) is 2. The zero-order valence-electron chi connectivity index (χ0n) is 6.49. The number of carbonyl (C=O) groups is 2. The molecule has 70 valence electrons. The fourth-order valence-electron chi connectivity index (χ4n) is 0.766. The quantitative estimate of drug-likeness (QED) is 0.686. The Hall–Kier alpha value is -0.580. The van der Waals surface area contributed by atoms with Gasteiger partial charge >= 0.3 is 11.9 Å². The van der Waals surface area contributed by atoms with Crippen LogP contribution in [0, 0.1) is 5.92 Å². The topological polar surface area (TPSA) is 74.6 Å². The standard InChI is InChI=1S/C7H11BrO4/c8-4-5(7(11)12)2-1-3-6(9)10/h5H,1-4H2,(H,9,10)(H,11,12). The van der Waals surface area contributed by atoms with E-state index in [0.717, 1.165) is 0 Å². The van der Waals surface area contributed by atoms with Crippen molar-refractivity contribution in [3.63, 3.8) is 0 Å². The van der Waals surface area contributed by atoms with E-state index < -0.39 is 17.9 Å². The SMILES string of the molecule is O=C(O)CCCC(CBr)C(=O)O. The molecule has 0 aliphatic rings. The largest absolute Gasteiger partial charge is 0.481 e. The molecule has 1 atom stereocenters. The minimum atomic E-state index is -0.881. The number of hydrogen-bond donors (Lipinski definition) is 2. The van der Waals surface area contributed by atoms with Crippen molar-refractivity contribution in [3.05, 3.63) is 0 Å². The fraction of sp³-hybridized carbons (Fsp3) is 0.714. The molecule has 0 aromatic heterocycles. The van der Waals surface area contributed by atoms with Crippen LogP contribution in [0.15, 0.2) is 0 Å². The molecule has 0 aromatic carbocycles. The first-order valence-corrected chi connectivity index (χ1v) is 4.70. The highest BCUT2D eigenvalue weighted by Crippen LogP contribution is 2.11. The van der Waals surface area contributed by atoms with Gasteiger partial charge in [-0.15, -0.1) is 0 Å². The molecule has 0 aliphatic carbocycles. The molecular formula is C7H11BrO4. The Bertz CT molecular complexity index is 169. The van der Waals surface area contributed by atoms with Crippen molar-refractivity contribution >= 4 is 27.9 Å². The van der Waals surface area contributed by atoms with Crippen LogP contribution in [-0.4, -0.2) is 27.5 Å². The van der Waals surface area contributed by atoms with Gasteiger partial charge in [-0.25, -0.2) is 0 Å². The average molecular weight is 239 g/mol. The zero-order valence-corrected chi connectivity index (χ0v) is 8.08. The lowest BCUT2D eigenvalue weighted by Crippen LogP contribution is -2.15. The van der Waals surface area contributed by atoms with Crippen molar-refractivity contribution in [2.24, 2.45) is 5.92 Å². The first-order chi connectivity index (χ1) is 5.57. The minimum absolute atomic E-state index is 0.0385. The molecule has 0 radical (unpaired) electrons. The van der Waals surface area contributed by atoms with Crippen LogP contribution in [0.1, 0.15) is 19.3 Å². The van der Waals surface area contributed by atoms with Crippen LogP contribution in [0.2, 0.25) is 0 Å². The second-order valence-electron chi connectivity index (χ2n) is 2.48. The maximum Gasteiger partial charge on any atom is 0.307 e. The van der Waals surface area contributed by atoms with Crippen molar-refractivity contribution in [3.8, 4) is 0 Å². The number of aliphatic carboxylic acids is 2. The Morgan fingerprint density at radius 2 is 1.92 bits per heavy atom. The van der Waals surface area contributed by atoms with Crippen LogP contribution in [0.4, 0.5) is 0 Å². The summed E-state index contributed by atoms with van der Waals surface area (Å²) in [5, 5.41) is 17.2. The molecule has 0 amide bonds. The highest BCUT2D eigenvalue weighted by molar-refractivity contribution is 9.09. The van der Waals surface area contributed by atoms with Crippen LogP contribution in [0.3, 0.4) is 0 Å². The van der Waals surface area contributed by atoms with Gasteiger partial charge in [-0.1, -0.05) is 15.9 Å². The van der Waals surface area contributed by atoms with E-state index in [1.165, 1.54) is 0 Å². The number of rotatable bonds is 6. The summed E-state index contributed by atoms with van der Waals surface area (Å²) in [4.78, 5) is 20.5. The van der Waals surface area contributed by atoms with E-state index in [4.69, 9.17) is 10.2 Å². The highest BCUT2D eigenvalue weighted by atomic mass is 79.9. The molecule has 0 bridgehead atoms. The van der Waals surface area contributed by atoms with Gasteiger partial charge in [0.25, 0.3) is 0 Å². The van der Waals surface area contributed by atoms with Gasteiger partial charge < -0.3 is 10.2 Å². The Labute approximate surface area is 78.7 Å². The van der Waals surface area contributed by atoms with E-state index in [2.05, 4.69) is 15.9 Å². The van der Waals surface area contributed by atoms with Crippen LogP contribution < -0.4 is 0 Å². The summed E-state index contributed by atoms with van der Waals surface area (Å²) in [5.74, 6) is -2.23. The molecule has 5 heteroatoms. The van der Waals surface area contributed by atoms with Gasteiger partial charge in [0, 0.05) is 11.8 Å². The lowest BCUT2D eigenvalue weighted by Gasteiger charge is -2.06. The van der Waals surface area contributed by atoms with E-state index in [-0.39, 0.29) is 6.42 Å². The predicted octanol–water partition coefficient (Wildman–Crippen LogP) is 1.34. The summed E-state index contributed by atoms with van der Waals surface area (Å²) in [7, 11) is 0. The van der Waals surface area contributed by atoms with E-state index in [1.54, 1.807) is 0 Å². The Morgan fingerprint density at radius 1 is 1.33 bits per heavy atom. The number of halogens is 1. The molecule has 0 saturated heterocycles. The smallest absolute Gasteiger partial charge is 0.307 e. The van der Waals surface area contributed by atoms with Crippen LogP contribution in [-0.2, 0) is 9.59 Å². The molecule has 12 heavy (non-hydrogen) atoms. The maximum atomic E-state index is 10.4. The molecule has 0 spiro atoms. The van der Waals surface area contributed by atoms with Gasteiger partial charge in [-0.2, -0.15) is 0 Å². The first kappa shape index (κ1) is 11.4. The second-order valence-corrected chi connectivity index (χ2v) is 3.12. The van der Waals surface area contributed by atoms with E-state index in [9.17, 15) is 9.59 Å². The summed E-state index contributed by atoms with van der Waals surface area (Å²) in [6, 6.07) is 0. The molecular weight excluding hydrogens is 228 g/mol. The number of alkyl halides is 1. The summed E-state index contributed by atoms with van der Waals surface area (Å²) >= 11 is 3.06. The van der Waals surface area contributed by atoms with Crippen molar-refractivity contribution < 1.29 is 19.8 Å². The lowest BCUT2D eigenvalue weighted by molar-refractivity contribution is -0.142. The Kier molecular flexibility index (Phi) is 5.70. The third-order valence-electron chi connectivity index (χ3n) is 1.48. The molecule has 0 rings (SSSR count). The van der Waals surface area contributed by atoms with Crippen molar-refractivity contribution in [2.45, 2.75) is 19.3 Å². The zero-order chi connectivity index (χ0) is 9.56. The van der Waals surface area contributed by atoms with E-state index >= 15 is 0 Å². The van der Waals surface area contributed by atoms with Gasteiger partial charge in [-0.05, 0) is 12.8 Å². The molecule has 2 N–H and O–H groups in total. The minimum Gasteiger partial charge on any atom is -0.481 e. The third-order valence-corrected chi connectivity index (χ3v) is 2.26. The number of carboxylic acids is 2. The monoisotopic (exact) mass is 238 g/mol. The Morgan fingerprint density at radius 3 is 2.25 bits per heavy atom. The third kappa shape index (κ3) is 5.12. The maximum absolute atomic E-state index is 10.4. The molecule has 1 unspecified atom stereocenters. The van der Waals surface area contributed by atoms with Crippen molar-refractivity contribution in [2.75, 3.05) is 5.33 Å². The summed E-state index contributed by atoms with van der Waals surface area (Å²) in [5.41, 5.74) is 0. The highest BCUT2D eigenvalue weighted by Gasteiger charge is 2.15. The van der Waals surface area contributed by atoms with Gasteiger partial charge in [-0.3, -0.25) is 9.59 Å².